The predicted molar refractivity (Wildman–Crippen MR) is 95.7 cm³/mol. The summed E-state index contributed by atoms with van der Waals surface area (Å²) in [7, 11) is 1.61. The van der Waals surface area contributed by atoms with E-state index in [1.807, 2.05) is 18.2 Å². The van der Waals surface area contributed by atoms with Crippen LogP contribution in [0.2, 0.25) is 0 Å². The van der Waals surface area contributed by atoms with Gasteiger partial charge in [-0.3, -0.25) is 0 Å². The Hall–Kier alpha value is -2.24. The summed E-state index contributed by atoms with van der Waals surface area (Å²) in [6, 6.07) is 14.2. The Morgan fingerprint density at radius 1 is 1.12 bits per heavy atom. The van der Waals surface area contributed by atoms with Crippen LogP contribution in [0.15, 0.2) is 42.5 Å². The number of rotatable bonds is 6. The van der Waals surface area contributed by atoms with Crippen LogP contribution >= 0.6 is 0 Å². The number of para-hydroxylation sites is 1. The van der Waals surface area contributed by atoms with Gasteiger partial charge in [0, 0.05) is 36.6 Å². The molecule has 0 spiro atoms. The summed E-state index contributed by atoms with van der Waals surface area (Å²) in [6.07, 6.45) is 0. The Kier molecular flexibility index (Phi) is 5.56. The molecule has 0 aliphatic carbocycles. The molecule has 0 saturated carbocycles. The van der Waals surface area contributed by atoms with E-state index in [9.17, 15) is 5.11 Å². The number of benzene rings is 2. The maximum Gasteiger partial charge on any atom is 0.124 e. The molecule has 1 aliphatic heterocycles. The van der Waals surface area contributed by atoms with Gasteiger partial charge in [-0.05, 0) is 29.8 Å². The van der Waals surface area contributed by atoms with E-state index < -0.39 is 0 Å². The fraction of sp³-hybridized carbons (Fsp3) is 0.368. The Morgan fingerprint density at radius 3 is 2.67 bits per heavy atom. The Balaban J connectivity index is 1.73. The molecule has 5 heteroatoms. The second kappa shape index (κ2) is 8.04. The first-order chi connectivity index (χ1) is 11.8. The highest BCUT2D eigenvalue weighted by molar-refractivity contribution is 5.57. The number of hydrogen-bond acceptors (Lipinski definition) is 5. The second-order valence-corrected chi connectivity index (χ2v) is 5.77. The van der Waals surface area contributed by atoms with Gasteiger partial charge < -0.3 is 24.8 Å². The van der Waals surface area contributed by atoms with Crippen molar-refractivity contribution in [3.8, 4) is 5.75 Å². The molecular weight excluding hydrogens is 304 g/mol. The van der Waals surface area contributed by atoms with E-state index in [1.165, 1.54) is 11.3 Å². The van der Waals surface area contributed by atoms with Crippen molar-refractivity contribution in [3.05, 3.63) is 53.6 Å². The number of aliphatic hydroxyl groups is 1. The van der Waals surface area contributed by atoms with Gasteiger partial charge in [0.2, 0.25) is 0 Å². The number of aliphatic hydroxyl groups excluding tert-OH is 1. The molecule has 1 heterocycles. The molecule has 128 valence electrons. The highest BCUT2D eigenvalue weighted by atomic mass is 16.5. The van der Waals surface area contributed by atoms with Crippen molar-refractivity contribution in [1.29, 1.82) is 0 Å². The number of morpholine rings is 1. The van der Waals surface area contributed by atoms with Crippen LogP contribution in [-0.2, 0) is 17.9 Å². The normalized spacial score (nSPS) is 14.5. The van der Waals surface area contributed by atoms with E-state index in [1.54, 1.807) is 7.11 Å². The Bertz CT molecular complexity index is 669. The van der Waals surface area contributed by atoms with Crippen LogP contribution in [0.25, 0.3) is 0 Å². The Labute approximate surface area is 142 Å². The zero-order chi connectivity index (χ0) is 16.8. The maximum absolute atomic E-state index is 9.45. The largest absolute Gasteiger partial charge is 0.496 e. The summed E-state index contributed by atoms with van der Waals surface area (Å²) in [5, 5.41) is 12.9. The monoisotopic (exact) mass is 328 g/mol. The van der Waals surface area contributed by atoms with E-state index in [4.69, 9.17) is 9.47 Å². The zero-order valence-electron chi connectivity index (χ0n) is 14.0. The van der Waals surface area contributed by atoms with Crippen molar-refractivity contribution in [1.82, 2.24) is 0 Å². The average Bonchev–Trinajstić information content (AvgIpc) is 2.67. The van der Waals surface area contributed by atoms with Crippen LogP contribution in [0.5, 0.6) is 5.75 Å². The molecule has 0 radical (unpaired) electrons. The van der Waals surface area contributed by atoms with E-state index >= 15 is 0 Å². The van der Waals surface area contributed by atoms with Gasteiger partial charge >= 0.3 is 0 Å². The zero-order valence-corrected chi connectivity index (χ0v) is 14.0. The van der Waals surface area contributed by atoms with Gasteiger partial charge in [0.15, 0.2) is 0 Å². The highest BCUT2D eigenvalue weighted by Crippen LogP contribution is 2.25. The molecule has 0 atom stereocenters. The minimum Gasteiger partial charge on any atom is -0.496 e. The van der Waals surface area contributed by atoms with Crippen LogP contribution in [-0.4, -0.2) is 38.5 Å². The van der Waals surface area contributed by atoms with Crippen molar-refractivity contribution in [2.45, 2.75) is 13.2 Å². The molecule has 0 amide bonds. The summed E-state index contributed by atoms with van der Waals surface area (Å²) in [4.78, 5) is 2.37. The predicted octanol–water partition coefficient (Wildman–Crippen LogP) is 2.64. The smallest absolute Gasteiger partial charge is 0.124 e. The molecule has 3 rings (SSSR count). The van der Waals surface area contributed by atoms with E-state index in [0.717, 1.165) is 44.1 Å². The number of nitrogens with one attached hydrogen (secondary N) is 1. The minimum absolute atomic E-state index is 0.0386. The standard InChI is InChI=1S/C19H24N2O3/c1-23-19-7-6-17(12-16(19)14-22)20-13-15-4-2-3-5-18(15)21-8-10-24-11-9-21/h2-7,12,20,22H,8-11,13-14H2,1H3. The first-order valence-corrected chi connectivity index (χ1v) is 8.24. The van der Waals surface area contributed by atoms with Crippen molar-refractivity contribution in [2.24, 2.45) is 0 Å². The maximum atomic E-state index is 9.45. The number of hydrogen-bond donors (Lipinski definition) is 2. The molecule has 1 aliphatic rings. The van der Waals surface area contributed by atoms with Gasteiger partial charge in [-0.15, -0.1) is 0 Å². The van der Waals surface area contributed by atoms with Crippen LogP contribution in [0, 0.1) is 0 Å². The van der Waals surface area contributed by atoms with Crippen LogP contribution in [0.3, 0.4) is 0 Å². The molecular formula is C19H24N2O3. The number of ether oxygens (including phenoxy) is 2. The van der Waals surface area contributed by atoms with Crippen LogP contribution < -0.4 is 15.0 Å². The van der Waals surface area contributed by atoms with Crippen molar-refractivity contribution in [2.75, 3.05) is 43.6 Å². The fourth-order valence-corrected chi connectivity index (χ4v) is 2.98. The molecule has 0 aromatic heterocycles. The SMILES string of the molecule is COc1ccc(NCc2ccccc2N2CCOCC2)cc1CO. The molecule has 24 heavy (non-hydrogen) atoms. The lowest BCUT2D eigenvalue weighted by molar-refractivity contribution is 0.122. The Morgan fingerprint density at radius 2 is 1.92 bits per heavy atom. The van der Waals surface area contributed by atoms with Gasteiger partial charge in [-0.1, -0.05) is 18.2 Å². The summed E-state index contributed by atoms with van der Waals surface area (Å²) in [5.41, 5.74) is 4.26. The molecule has 5 nitrogen and oxygen atoms in total. The quantitative estimate of drug-likeness (QED) is 0.854. The molecule has 2 N–H and O–H groups in total. The van der Waals surface area contributed by atoms with Gasteiger partial charge in [0.1, 0.15) is 5.75 Å². The molecule has 2 aromatic carbocycles. The summed E-state index contributed by atoms with van der Waals surface area (Å²) < 4.78 is 10.7. The van der Waals surface area contributed by atoms with Crippen LogP contribution in [0.4, 0.5) is 11.4 Å². The molecule has 1 saturated heterocycles. The summed E-state index contributed by atoms with van der Waals surface area (Å²) >= 11 is 0. The van der Waals surface area contributed by atoms with Crippen molar-refractivity contribution >= 4 is 11.4 Å². The lowest BCUT2D eigenvalue weighted by Gasteiger charge is -2.30. The second-order valence-electron chi connectivity index (χ2n) is 5.77. The average molecular weight is 328 g/mol. The highest BCUT2D eigenvalue weighted by Gasteiger charge is 2.14. The lowest BCUT2D eigenvalue weighted by Crippen LogP contribution is -2.36. The van der Waals surface area contributed by atoms with Gasteiger partial charge in [-0.2, -0.15) is 0 Å². The minimum atomic E-state index is -0.0386. The number of anilines is 2. The molecule has 1 fully saturated rings. The molecule has 2 aromatic rings. The first-order valence-electron chi connectivity index (χ1n) is 8.24. The van der Waals surface area contributed by atoms with Gasteiger partial charge in [0.05, 0.1) is 26.9 Å². The molecule has 0 unspecified atom stereocenters. The molecule has 0 bridgehead atoms. The summed E-state index contributed by atoms with van der Waals surface area (Å²) in [6.45, 7) is 4.09. The third-order valence-electron chi connectivity index (χ3n) is 4.28. The summed E-state index contributed by atoms with van der Waals surface area (Å²) in [5.74, 6) is 0.705. The van der Waals surface area contributed by atoms with Gasteiger partial charge in [0.25, 0.3) is 0 Å². The third kappa shape index (κ3) is 3.80. The van der Waals surface area contributed by atoms with E-state index in [2.05, 4.69) is 34.5 Å². The topological polar surface area (TPSA) is 54.0 Å². The number of nitrogens with zero attached hydrogens (tertiary/aromatic N) is 1. The fourth-order valence-electron chi connectivity index (χ4n) is 2.98. The van der Waals surface area contributed by atoms with Crippen molar-refractivity contribution < 1.29 is 14.6 Å². The lowest BCUT2D eigenvalue weighted by atomic mass is 10.1. The van der Waals surface area contributed by atoms with Crippen molar-refractivity contribution in [3.63, 3.8) is 0 Å². The van der Waals surface area contributed by atoms with Gasteiger partial charge in [-0.25, -0.2) is 0 Å². The van der Waals surface area contributed by atoms with E-state index in [-0.39, 0.29) is 6.61 Å². The number of methoxy groups -OCH3 is 1. The first kappa shape index (κ1) is 16.6. The van der Waals surface area contributed by atoms with Crippen LogP contribution in [0.1, 0.15) is 11.1 Å². The van der Waals surface area contributed by atoms with E-state index in [0.29, 0.717) is 5.75 Å². The third-order valence-corrected chi connectivity index (χ3v) is 4.28.